The van der Waals surface area contributed by atoms with Gasteiger partial charge in [-0.2, -0.15) is 10.2 Å². The Labute approximate surface area is 153 Å². The van der Waals surface area contributed by atoms with Crippen LogP contribution in [0.5, 0.6) is 11.5 Å². The molecule has 2 aromatic carbocycles. The molecule has 0 heterocycles. The third-order valence-electron chi connectivity index (χ3n) is 3.10. The molecule has 0 bridgehead atoms. The number of ether oxygens (including phenoxy) is 1. The molecule has 10 heteroatoms. The second-order valence-electron chi connectivity index (χ2n) is 4.84. The van der Waals surface area contributed by atoms with E-state index in [2.05, 4.69) is 33.0 Å². The minimum Gasteiger partial charge on any atom is -0.504 e. The van der Waals surface area contributed by atoms with Gasteiger partial charge < -0.3 is 20.7 Å². The number of phenolic OH excluding ortho intramolecular Hbond substituents is 1. The number of aromatic carboxylic acids is 1. The van der Waals surface area contributed by atoms with Crippen LogP contribution in [0.1, 0.15) is 15.9 Å². The fourth-order valence-electron chi connectivity index (χ4n) is 1.94. The highest BCUT2D eigenvalue weighted by Gasteiger charge is 2.11. The van der Waals surface area contributed by atoms with Gasteiger partial charge in [-0.15, -0.1) is 5.11 Å². The lowest BCUT2D eigenvalue weighted by Gasteiger charge is -2.07. The van der Waals surface area contributed by atoms with Crippen molar-refractivity contribution in [2.75, 3.05) is 7.11 Å². The van der Waals surface area contributed by atoms with Crippen molar-refractivity contribution in [2.45, 2.75) is 0 Å². The maximum atomic E-state index is 11.2. The fraction of sp³-hybridized carbons (Fsp3) is 0.0625. The van der Waals surface area contributed by atoms with Crippen LogP contribution in [-0.4, -0.2) is 34.6 Å². The molecule has 134 valence electrons. The van der Waals surface area contributed by atoms with Crippen molar-refractivity contribution in [1.29, 1.82) is 0 Å². The molecule has 0 amide bonds. The summed E-state index contributed by atoms with van der Waals surface area (Å²) < 4.78 is 5.09. The number of thiocarbonyl (C=S) groups is 1. The molecule has 5 N–H and O–H groups in total. The van der Waals surface area contributed by atoms with Crippen molar-refractivity contribution >= 4 is 40.9 Å². The summed E-state index contributed by atoms with van der Waals surface area (Å²) in [6.45, 7) is 0. The largest absolute Gasteiger partial charge is 0.504 e. The van der Waals surface area contributed by atoms with Gasteiger partial charge in [0, 0.05) is 11.6 Å². The Morgan fingerprint density at radius 1 is 1.31 bits per heavy atom. The van der Waals surface area contributed by atoms with Crippen LogP contribution in [0.2, 0.25) is 0 Å². The molecule has 2 aromatic rings. The Balaban J connectivity index is 2.39. The average molecular weight is 373 g/mol. The standard InChI is InChI=1S/C16H15N5O4S/c1-25-13-7-10(6-9(14(13)22)8-18-21-16(17)26)19-20-12-5-3-2-4-11(12)15(23)24/h2-8,22H,1H3,(H,23,24)(H3,17,21,26). The van der Waals surface area contributed by atoms with E-state index in [1.807, 2.05) is 0 Å². The lowest BCUT2D eigenvalue weighted by atomic mass is 10.1. The van der Waals surface area contributed by atoms with Crippen LogP contribution in [0.25, 0.3) is 0 Å². The Hall–Kier alpha value is -3.53. The molecule has 0 atom stereocenters. The summed E-state index contributed by atoms with van der Waals surface area (Å²) in [5, 5.41) is 31.0. The van der Waals surface area contributed by atoms with Crippen molar-refractivity contribution in [2.24, 2.45) is 21.1 Å². The molecule has 0 spiro atoms. The van der Waals surface area contributed by atoms with Gasteiger partial charge in [0.1, 0.15) is 5.69 Å². The van der Waals surface area contributed by atoms with Crippen molar-refractivity contribution in [3.05, 3.63) is 47.5 Å². The van der Waals surface area contributed by atoms with Gasteiger partial charge in [0.05, 0.1) is 24.6 Å². The maximum absolute atomic E-state index is 11.2. The number of azo groups is 1. The number of nitrogens with zero attached hydrogens (tertiary/aromatic N) is 3. The molecule has 0 aromatic heterocycles. The summed E-state index contributed by atoms with van der Waals surface area (Å²) in [4.78, 5) is 11.2. The fourth-order valence-corrected chi connectivity index (χ4v) is 2.00. The predicted octanol–water partition coefficient (Wildman–Crippen LogP) is 2.68. The lowest BCUT2D eigenvalue weighted by molar-refractivity contribution is 0.0697. The highest BCUT2D eigenvalue weighted by Crippen LogP contribution is 2.34. The van der Waals surface area contributed by atoms with E-state index in [0.717, 1.165) is 0 Å². The Morgan fingerprint density at radius 3 is 2.69 bits per heavy atom. The second kappa shape index (κ2) is 8.53. The van der Waals surface area contributed by atoms with E-state index < -0.39 is 5.97 Å². The molecule has 2 rings (SSSR count). The van der Waals surface area contributed by atoms with Crippen molar-refractivity contribution in [1.82, 2.24) is 5.43 Å². The lowest BCUT2D eigenvalue weighted by Crippen LogP contribution is -2.23. The number of aromatic hydroxyl groups is 1. The highest BCUT2D eigenvalue weighted by molar-refractivity contribution is 7.80. The van der Waals surface area contributed by atoms with Crippen LogP contribution in [0.15, 0.2) is 51.7 Å². The molecular weight excluding hydrogens is 358 g/mol. The number of carbonyl (C=O) groups is 1. The number of nitrogens with two attached hydrogens (primary N) is 1. The number of benzene rings is 2. The summed E-state index contributed by atoms with van der Waals surface area (Å²) in [6.07, 6.45) is 1.28. The highest BCUT2D eigenvalue weighted by atomic mass is 32.1. The van der Waals surface area contributed by atoms with Crippen LogP contribution < -0.4 is 15.9 Å². The van der Waals surface area contributed by atoms with E-state index in [4.69, 9.17) is 15.6 Å². The minimum absolute atomic E-state index is 0.0180. The van der Waals surface area contributed by atoms with Gasteiger partial charge in [-0.3, -0.25) is 5.43 Å². The molecule has 0 aliphatic carbocycles. The zero-order chi connectivity index (χ0) is 19.1. The first-order valence-corrected chi connectivity index (χ1v) is 7.56. The SMILES string of the molecule is COc1cc(N=Nc2ccccc2C(=O)O)cc(C=NNC(N)=S)c1O. The van der Waals surface area contributed by atoms with E-state index >= 15 is 0 Å². The van der Waals surface area contributed by atoms with Gasteiger partial charge in [-0.25, -0.2) is 4.79 Å². The van der Waals surface area contributed by atoms with Gasteiger partial charge in [0.25, 0.3) is 0 Å². The molecule has 0 fully saturated rings. The van der Waals surface area contributed by atoms with E-state index in [1.165, 1.54) is 37.6 Å². The van der Waals surface area contributed by atoms with Crippen molar-refractivity contribution < 1.29 is 19.7 Å². The Morgan fingerprint density at radius 2 is 2.04 bits per heavy atom. The number of nitrogens with one attached hydrogen (secondary N) is 1. The molecule has 0 aliphatic rings. The minimum atomic E-state index is -1.11. The van der Waals surface area contributed by atoms with Gasteiger partial charge in [-0.05, 0) is 30.4 Å². The monoisotopic (exact) mass is 373 g/mol. The number of hydrogen-bond donors (Lipinski definition) is 4. The second-order valence-corrected chi connectivity index (χ2v) is 5.28. The smallest absolute Gasteiger partial charge is 0.337 e. The zero-order valence-electron chi connectivity index (χ0n) is 13.6. The van der Waals surface area contributed by atoms with Gasteiger partial charge in [0.2, 0.25) is 0 Å². The Bertz CT molecular complexity index is 898. The number of rotatable bonds is 6. The number of methoxy groups -OCH3 is 1. The first-order chi connectivity index (χ1) is 12.4. The third-order valence-corrected chi connectivity index (χ3v) is 3.19. The first-order valence-electron chi connectivity index (χ1n) is 7.16. The van der Waals surface area contributed by atoms with Crippen molar-refractivity contribution in [3.63, 3.8) is 0 Å². The normalized spacial score (nSPS) is 11.0. The third kappa shape index (κ3) is 4.74. The summed E-state index contributed by atoms with van der Waals surface area (Å²) in [6, 6.07) is 9.12. The summed E-state index contributed by atoms with van der Waals surface area (Å²) in [5.41, 5.74) is 8.43. The quantitative estimate of drug-likeness (QED) is 0.264. The average Bonchev–Trinajstić information content (AvgIpc) is 2.61. The predicted molar refractivity (Wildman–Crippen MR) is 99.8 cm³/mol. The number of carboxylic acid groups (broad SMARTS) is 1. The van der Waals surface area contributed by atoms with Crippen LogP contribution in [0.3, 0.4) is 0 Å². The van der Waals surface area contributed by atoms with Gasteiger partial charge in [0.15, 0.2) is 16.6 Å². The van der Waals surface area contributed by atoms with Crippen LogP contribution >= 0.6 is 12.2 Å². The molecule has 9 nitrogen and oxygen atoms in total. The number of hydrazone groups is 1. The number of hydrogen-bond acceptors (Lipinski definition) is 7. The first kappa shape index (κ1) is 18.8. The van der Waals surface area contributed by atoms with E-state index in [0.29, 0.717) is 5.69 Å². The molecule has 0 radical (unpaired) electrons. The van der Waals surface area contributed by atoms with Crippen LogP contribution in [0, 0.1) is 0 Å². The topological polar surface area (TPSA) is 142 Å². The molecule has 0 saturated carbocycles. The zero-order valence-corrected chi connectivity index (χ0v) is 14.4. The maximum Gasteiger partial charge on any atom is 0.337 e. The molecule has 0 unspecified atom stereocenters. The molecule has 26 heavy (non-hydrogen) atoms. The van der Waals surface area contributed by atoms with E-state index in [-0.39, 0.29) is 33.4 Å². The molecular formula is C16H15N5O4S. The Kier molecular flexibility index (Phi) is 6.17. The summed E-state index contributed by atoms with van der Waals surface area (Å²) >= 11 is 4.63. The van der Waals surface area contributed by atoms with E-state index in [9.17, 15) is 9.90 Å². The molecule has 0 aliphatic heterocycles. The number of carboxylic acids is 1. The summed E-state index contributed by atoms with van der Waals surface area (Å²) in [7, 11) is 1.38. The van der Waals surface area contributed by atoms with E-state index in [1.54, 1.807) is 12.1 Å². The summed E-state index contributed by atoms with van der Waals surface area (Å²) in [5.74, 6) is -1.13. The van der Waals surface area contributed by atoms with Crippen LogP contribution in [-0.2, 0) is 0 Å². The molecule has 0 saturated heterocycles. The number of phenols is 1. The van der Waals surface area contributed by atoms with Crippen molar-refractivity contribution in [3.8, 4) is 11.5 Å². The van der Waals surface area contributed by atoms with Gasteiger partial charge >= 0.3 is 5.97 Å². The van der Waals surface area contributed by atoms with Gasteiger partial charge in [-0.1, -0.05) is 12.1 Å². The van der Waals surface area contributed by atoms with Crippen LogP contribution in [0.4, 0.5) is 11.4 Å².